The third-order valence-electron chi connectivity index (χ3n) is 5.19. The van der Waals surface area contributed by atoms with Gasteiger partial charge in [0.05, 0.1) is 6.21 Å². The number of nitrogens with zero attached hydrogens (tertiary/aromatic N) is 2. The Kier molecular flexibility index (Phi) is 2.77. The Morgan fingerprint density at radius 3 is 2.52 bits per heavy atom. The van der Waals surface area contributed by atoms with Crippen LogP contribution in [-0.4, -0.2) is 22.5 Å². The molecule has 1 spiro atoms. The summed E-state index contributed by atoms with van der Waals surface area (Å²) in [5.41, 5.74) is -1.05. The number of rotatable bonds is 0. The summed E-state index contributed by atoms with van der Waals surface area (Å²) in [6.45, 7) is 8.07. The van der Waals surface area contributed by atoms with Crippen molar-refractivity contribution in [2.24, 2.45) is 10.4 Å². The zero-order valence-corrected chi connectivity index (χ0v) is 14.0. The fourth-order valence-corrected chi connectivity index (χ4v) is 4.21. The molecule has 23 heavy (non-hydrogen) atoms. The van der Waals surface area contributed by atoms with E-state index in [0.717, 1.165) is 27.9 Å². The molecule has 0 aliphatic carbocycles. The van der Waals surface area contributed by atoms with E-state index >= 15 is 0 Å². The summed E-state index contributed by atoms with van der Waals surface area (Å²) in [7, 11) is 0. The first-order chi connectivity index (χ1) is 10.8. The molecule has 0 saturated carbocycles. The van der Waals surface area contributed by atoms with E-state index < -0.39 is 11.3 Å². The zero-order chi connectivity index (χ0) is 16.5. The summed E-state index contributed by atoms with van der Waals surface area (Å²) in [6, 6.07) is 12.0. The lowest BCUT2D eigenvalue weighted by Gasteiger charge is -2.42. The van der Waals surface area contributed by atoms with Crippen molar-refractivity contribution in [2.75, 3.05) is 0 Å². The molecule has 4 heteroatoms. The average molecular weight is 309 g/mol. The van der Waals surface area contributed by atoms with E-state index in [1.807, 2.05) is 44.2 Å². The lowest BCUT2D eigenvalue weighted by atomic mass is 9.79. The quantitative estimate of drug-likeness (QED) is 0.720. The molecule has 0 unspecified atom stereocenters. The molecule has 2 aromatic carbocycles. The van der Waals surface area contributed by atoms with Gasteiger partial charge in [-0.2, -0.15) is 0 Å². The predicted molar refractivity (Wildman–Crippen MR) is 90.5 cm³/mol. The molecule has 2 aliphatic rings. The molecule has 0 N–H and O–H groups in total. The van der Waals surface area contributed by atoms with E-state index in [0.29, 0.717) is 5.75 Å². The first-order valence-electron chi connectivity index (χ1n) is 8.00. The highest BCUT2D eigenvalue weighted by molar-refractivity contribution is 5.98. The molecule has 2 aliphatic heterocycles. The van der Waals surface area contributed by atoms with Crippen LogP contribution in [0.15, 0.2) is 41.4 Å². The first-order valence-corrected chi connectivity index (χ1v) is 8.00. The van der Waals surface area contributed by atoms with Gasteiger partial charge in [0.1, 0.15) is 11.4 Å². The fraction of sp³-hybridized carbons (Fsp3) is 0.421. The molecule has 4 nitrogen and oxygen atoms in total. The van der Waals surface area contributed by atoms with Crippen LogP contribution in [-0.2, 0) is 5.21 Å². The smallest absolute Gasteiger partial charge is 0.229 e. The van der Waals surface area contributed by atoms with Crippen molar-refractivity contribution in [2.45, 2.75) is 45.4 Å². The lowest BCUT2D eigenvalue weighted by Crippen LogP contribution is -2.59. The second kappa shape index (κ2) is 4.34. The van der Waals surface area contributed by atoms with Gasteiger partial charge in [-0.25, -0.2) is 0 Å². The second-order valence-electron chi connectivity index (χ2n) is 7.86. The minimum Gasteiger partial charge on any atom is -0.462 e. The summed E-state index contributed by atoms with van der Waals surface area (Å²) in [5, 5.41) is 16.2. The Morgan fingerprint density at radius 2 is 1.83 bits per heavy atom. The lowest BCUT2D eigenvalue weighted by molar-refractivity contribution is -0.290. The molecular formula is C19H21N2O2. The maximum absolute atomic E-state index is 13.0. The summed E-state index contributed by atoms with van der Waals surface area (Å²) >= 11 is 0. The van der Waals surface area contributed by atoms with Gasteiger partial charge in [-0.05, 0) is 31.7 Å². The standard InChI is InChI=1S/C19H21N2O2/c1-17(2)11-18(3,4)21(22)19(17)12-20-16-14-8-6-5-7-13(14)9-10-15(16)23-19/h5-10,12H,11H2,1-4H3/t19-/m1/s1. The van der Waals surface area contributed by atoms with Gasteiger partial charge in [0.2, 0.25) is 5.72 Å². The van der Waals surface area contributed by atoms with E-state index in [4.69, 9.17) is 4.74 Å². The van der Waals surface area contributed by atoms with Crippen molar-refractivity contribution in [1.29, 1.82) is 0 Å². The molecule has 2 aromatic rings. The molecule has 0 aromatic heterocycles. The van der Waals surface area contributed by atoms with E-state index in [1.165, 1.54) is 0 Å². The van der Waals surface area contributed by atoms with Crippen molar-refractivity contribution < 1.29 is 9.94 Å². The van der Waals surface area contributed by atoms with Gasteiger partial charge < -0.3 is 4.74 Å². The minimum atomic E-state index is -1.05. The molecule has 1 radical (unpaired) electrons. The topological polar surface area (TPSA) is 44.7 Å². The zero-order valence-electron chi connectivity index (χ0n) is 14.0. The molecule has 1 saturated heterocycles. The van der Waals surface area contributed by atoms with Crippen molar-refractivity contribution in [1.82, 2.24) is 5.06 Å². The predicted octanol–water partition coefficient (Wildman–Crippen LogP) is 4.49. The monoisotopic (exact) mass is 309 g/mol. The molecule has 0 amide bonds. The number of aliphatic imine (C=N–C) groups is 1. The molecule has 1 fully saturated rings. The third kappa shape index (κ3) is 1.82. The Bertz CT molecular complexity index is 825. The van der Waals surface area contributed by atoms with Crippen LogP contribution >= 0.6 is 0 Å². The van der Waals surface area contributed by atoms with Crippen LogP contribution in [0.2, 0.25) is 0 Å². The fourth-order valence-electron chi connectivity index (χ4n) is 4.21. The van der Waals surface area contributed by atoms with E-state index in [-0.39, 0.29) is 5.41 Å². The minimum absolute atomic E-state index is 0.328. The van der Waals surface area contributed by atoms with Gasteiger partial charge in [-0.3, -0.25) is 4.99 Å². The van der Waals surface area contributed by atoms with Crippen molar-refractivity contribution in [3.05, 3.63) is 36.4 Å². The van der Waals surface area contributed by atoms with Crippen molar-refractivity contribution in [3.8, 4) is 5.75 Å². The molecule has 1 atom stereocenters. The highest BCUT2D eigenvalue weighted by atomic mass is 16.6. The molecule has 4 rings (SSSR count). The summed E-state index contributed by atoms with van der Waals surface area (Å²) in [4.78, 5) is 4.68. The van der Waals surface area contributed by atoms with Gasteiger partial charge in [-0.1, -0.05) is 44.2 Å². The van der Waals surface area contributed by atoms with Gasteiger partial charge in [0.25, 0.3) is 0 Å². The summed E-state index contributed by atoms with van der Waals surface area (Å²) in [6.07, 6.45) is 2.46. The summed E-state index contributed by atoms with van der Waals surface area (Å²) in [5.74, 6) is 0.679. The van der Waals surface area contributed by atoms with E-state index in [2.05, 4.69) is 24.9 Å². The normalized spacial score (nSPS) is 28.0. The average Bonchev–Trinajstić information content (AvgIpc) is 2.64. The number of hydrogen-bond donors (Lipinski definition) is 0. The highest BCUT2D eigenvalue weighted by Crippen LogP contribution is 2.55. The van der Waals surface area contributed by atoms with Gasteiger partial charge in [-0.15, -0.1) is 10.3 Å². The van der Waals surface area contributed by atoms with Gasteiger partial charge in [0.15, 0.2) is 0 Å². The van der Waals surface area contributed by atoms with Gasteiger partial charge >= 0.3 is 0 Å². The number of benzene rings is 2. The molecule has 2 heterocycles. The third-order valence-corrected chi connectivity index (χ3v) is 5.19. The number of hydrogen-bond acceptors (Lipinski definition) is 3. The van der Waals surface area contributed by atoms with Crippen LogP contribution in [0.4, 0.5) is 5.69 Å². The number of fused-ring (bicyclic) bond motifs is 3. The van der Waals surface area contributed by atoms with Crippen LogP contribution in [0.5, 0.6) is 5.75 Å². The maximum Gasteiger partial charge on any atom is 0.229 e. The van der Waals surface area contributed by atoms with Gasteiger partial charge in [0, 0.05) is 16.3 Å². The SMILES string of the molecule is CC1(C)CC(C)(C)[C@]2(C=Nc3c(ccc4ccccc34)O2)N1[O]. The second-order valence-corrected chi connectivity index (χ2v) is 7.86. The number of hydroxylamine groups is 2. The summed E-state index contributed by atoms with van der Waals surface area (Å²) < 4.78 is 6.32. The van der Waals surface area contributed by atoms with Crippen molar-refractivity contribution >= 4 is 22.7 Å². The largest absolute Gasteiger partial charge is 0.462 e. The Labute approximate surface area is 136 Å². The first kappa shape index (κ1) is 14.7. The van der Waals surface area contributed by atoms with Crippen LogP contribution in [0.25, 0.3) is 10.8 Å². The van der Waals surface area contributed by atoms with E-state index in [9.17, 15) is 5.21 Å². The van der Waals surface area contributed by atoms with Crippen LogP contribution < -0.4 is 4.74 Å². The molecule has 0 bridgehead atoms. The maximum atomic E-state index is 13.0. The van der Waals surface area contributed by atoms with Crippen LogP contribution in [0, 0.1) is 5.41 Å². The Hall–Kier alpha value is -1.91. The van der Waals surface area contributed by atoms with Crippen LogP contribution in [0.1, 0.15) is 34.1 Å². The number of ether oxygens (including phenoxy) is 1. The Balaban J connectivity index is 1.89. The van der Waals surface area contributed by atoms with Crippen LogP contribution in [0.3, 0.4) is 0 Å². The van der Waals surface area contributed by atoms with Crippen molar-refractivity contribution in [3.63, 3.8) is 0 Å². The molecular weight excluding hydrogens is 288 g/mol. The van der Waals surface area contributed by atoms with E-state index in [1.54, 1.807) is 6.21 Å². The molecule has 119 valence electrons. The highest BCUT2D eigenvalue weighted by Gasteiger charge is 2.65. The Morgan fingerprint density at radius 1 is 1.09 bits per heavy atom.